The zero-order valence-corrected chi connectivity index (χ0v) is 12.6. The maximum absolute atomic E-state index is 13.1. The number of piperidine rings is 1. The van der Waals surface area contributed by atoms with Crippen molar-refractivity contribution in [2.45, 2.75) is 25.3 Å². The number of fused-ring (bicyclic) bond motifs is 1. The lowest BCUT2D eigenvalue weighted by atomic mass is 10.1. The van der Waals surface area contributed by atoms with Crippen molar-refractivity contribution >= 4 is 26.8 Å². The summed E-state index contributed by atoms with van der Waals surface area (Å²) < 4.78 is 29.4. The van der Waals surface area contributed by atoms with Crippen molar-refractivity contribution in [1.29, 1.82) is 0 Å². The van der Waals surface area contributed by atoms with E-state index in [1.54, 1.807) is 6.20 Å². The van der Waals surface area contributed by atoms with Gasteiger partial charge in [-0.05, 0) is 28.1 Å². The standard InChI is InChI=1S/C14H16BrF2N3/c15-13-9-11-10-18-4-1-12(11)20(13)8-7-19-5-2-14(16,17)3-6-19/h1,4,9-10H,2-3,5-8H2. The van der Waals surface area contributed by atoms with Crippen molar-refractivity contribution in [1.82, 2.24) is 14.5 Å². The Hall–Kier alpha value is -1.01. The Morgan fingerprint density at radius 2 is 2.00 bits per heavy atom. The molecule has 0 aromatic carbocycles. The van der Waals surface area contributed by atoms with Crippen LogP contribution in [0.4, 0.5) is 8.78 Å². The lowest BCUT2D eigenvalue weighted by Gasteiger charge is -2.31. The summed E-state index contributed by atoms with van der Waals surface area (Å²) in [5.41, 5.74) is 1.12. The van der Waals surface area contributed by atoms with E-state index in [0.717, 1.165) is 28.6 Å². The summed E-state index contributed by atoms with van der Waals surface area (Å²) in [4.78, 5) is 6.21. The molecule has 2 aromatic rings. The van der Waals surface area contributed by atoms with Crippen LogP contribution in [0.5, 0.6) is 0 Å². The van der Waals surface area contributed by atoms with Crippen LogP contribution in [0.1, 0.15) is 12.8 Å². The molecule has 0 atom stereocenters. The molecule has 1 fully saturated rings. The fourth-order valence-electron chi connectivity index (χ4n) is 2.65. The van der Waals surface area contributed by atoms with E-state index in [0.29, 0.717) is 13.1 Å². The van der Waals surface area contributed by atoms with Crippen molar-refractivity contribution in [2.24, 2.45) is 0 Å². The number of aromatic nitrogens is 2. The Balaban J connectivity index is 1.67. The van der Waals surface area contributed by atoms with Crippen LogP contribution in [-0.2, 0) is 6.54 Å². The molecule has 0 N–H and O–H groups in total. The SMILES string of the molecule is FC1(F)CCN(CCn2c(Br)cc3cnccc32)CC1. The number of halogens is 3. The molecule has 0 spiro atoms. The van der Waals surface area contributed by atoms with Gasteiger partial charge in [0, 0.05) is 56.8 Å². The van der Waals surface area contributed by atoms with E-state index in [1.807, 2.05) is 18.3 Å². The van der Waals surface area contributed by atoms with E-state index in [2.05, 4.69) is 30.4 Å². The van der Waals surface area contributed by atoms with Gasteiger partial charge in [0.1, 0.15) is 0 Å². The van der Waals surface area contributed by atoms with Crippen molar-refractivity contribution in [2.75, 3.05) is 19.6 Å². The molecular weight excluding hydrogens is 328 g/mol. The van der Waals surface area contributed by atoms with Gasteiger partial charge in [-0.15, -0.1) is 0 Å². The number of alkyl halides is 2. The summed E-state index contributed by atoms with van der Waals surface area (Å²) in [5, 5.41) is 1.09. The number of likely N-dealkylation sites (tertiary alicyclic amines) is 1. The summed E-state index contributed by atoms with van der Waals surface area (Å²) in [5.74, 6) is -2.47. The molecule has 0 radical (unpaired) electrons. The molecule has 1 aliphatic heterocycles. The lowest BCUT2D eigenvalue weighted by molar-refractivity contribution is -0.0554. The Bertz CT molecular complexity index is 601. The molecule has 0 bridgehead atoms. The smallest absolute Gasteiger partial charge is 0.250 e. The largest absolute Gasteiger partial charge is 0.334 e. The average molecular weight is 344 g/mol. The Morgan fingerprint density at radius 3 is 2.75 bits per heavy atom. The van der Waals surface area contributed by atoms with Crippen LogP contribution >= 0.6 is 15.9 Å². The Kier molecular flexibility index (Phi) is 3.77. The van der Waals surface area contributed by atoms with E-state index >= 15 is 0 Å². The fourth-order valence-corrected chi connectivity index (χ4v) is 3.27. The van der Waals surface area contributed by atoms with Gasteiger partial charge in [-0.25, -0.2) is 8.78 Å². The van der Waals surface area contributed by atoms with Gasteiger partial charge in [0.2, 0.25) is 0 Å². The predicted octanol–water partition coefficient (Wildman–Crippen LogP) is 3.53. The van der Waals surface area contributed by atoms with Gasteiger partial charge >= 0.3 is 0 Å². The van der Waals surface area contributed by atoms with E-state index in [4.69, 9.17) is 0 Å². The topological polar surface area (TPSA) is 21.1 Å². The third-order valence-corrected chi connectivity index (χ3v) is 4.54. The van der Waals surface area contributed by atoms with Crippen LogP contribution in [-0.4, -0.2) is 40.0 Å². The number of hydrogen-bond acceptors (Lipinski definition) is 2. The first-order valence-electron chi connectivity index (χ1n) is 6.74. The minimum Gasteiger partial charge on any atom is -0.334 e. The third-order valence-electron chi connectivity index (χ3n) is 3.88. The second kappa shape index (κ2) is 5.41. The molecule has 3 nitrogen and oxygen atoms in total. The molecule has 0 aliphatic carbocycles. The lowest BCUT2D eigenvalue weighted by Crippen LogP contribution is -2.40. The van der Waals surface area contributed by atoms with Crippen LogP contribution in [0.25, 0.3) is 10.9 Å². The summed E-state index contributed by atoms with van der Waals surface area (Å²) in [7, 11) is 0. The van der Waals surface area contributed by atoms with Gasteiger partial charge in [-0.1, -0.05) is 0 Å². The minimum absolute atomic E-state index is 0.0233. The highest BCUT2D eigenvalue weighted by atomic mass is 79.9. The van der Waals surface area contributed by atoms with Crippen LogP contribution < -0.4 is 0 Å². The molecule has 1 aliphatic rings. The molecule has 108 valence electrons. The van der Waals surface area contributed by atoms with Gasteiger partial charge in [-0.2, -0.15) is 0 Å². The van der Waals surface area contributed by atoms with Crippen molar-refractivity contribution in [3.8, 4) is 0 Å². The Labute approximate surface area is 124 Å². The monoisotopic (exact) mass is 343 g/mol. The highest BCUT2D eigenvalue weighted by molar-refractivity contribution is 9.10. The zero-order valence-electron chi connectivity index (χ0n) is 11.0. The maximum atomic E-state index is 13.1. The number of nitrogens with zero attached hydrogens (tertiary/aromatic N) is 3. The molecular formula is C14H16BrF2N3. The molecule has 20 heavy (non-hydrogen) atoms. The van der Waals surface area contributed by atoms with Crippen LogP contribution in [0.2, 0.25) is 0 Å². The number of pyridine rings is 1. The molecule has 1 saturated heterocycles. The second-order valence-electron chi connectivity index (χ2n) is 5.25. The van der Waals surface area contributed by atoms with Gasteiger partial charge in [0.05, 0.1) is 10.1 Å². The molecule has 0 amide bonds. The Morgan fingerprint density at radius 1 is 1.25 bits per heavy atom. The minimum atomic E-state index is -2.47. The van der Waals surface area contributed by atoms with Crippen LogP contribution in [0.15, 0.2) is 29.1 Å². The quantitative estimate of drug-likeness (QED) is 0.849. The number of hydrogen-bond donors (Lipinski definition) is 0. The van der Waals surface area contributed by atoms with Gasteiger partial charge in [-0.3, -0.25) is 4.98 Å². The zero-order chi connectivity index (χ0) is 14.2. The van der Waals surface area contributed by atoms with Crippen molar-refractivity contribution in [3.63, 3.8) is 0 Å². The third kappa shape index (κ3) is 2.86. The first kappa shape index (κ1) is 13.9. The highest BCUT2D eigenvalue weighted by Gasteiger charge is 2.33. The maximum Gasteiger partial charge on any atom is 0.250 e. The molecule has 0 saturated carbocycles. The van der Waals surface area contributed by atoms with Gasteiger partial charge in [0.25, 0.3) is 5.92 Å². The predicted molar refractivity (Wildman–Crippen MR) is 78.1 cm³/mol. The van der Waals surface area contributed by atoms with Crippen LogP contribution in [0.3, 0.4) is 0 Å². The van der Waals surface area contributed by atoms with E-state index in [1.165, 1.54) is 0 Å². The van der Waals surface area contributed by atoms with Crippen molar-refractivity contribution in [3.05, 3.63) is 29.1 Å². The summed E-state index contributed by atoms with van der Waals surface area (Å²) >= 11 is 3.55. The van der Waals surface area contributed by atoms with E-state index < -0.39 is 5.92 Å². The van der Waals surface area contributed by atoms with Gasteiger partial charge < -0.3 is 9.47 Å². The molecule has 3 rings (SSSR count). The van der Waals surface area contributed by atoms with Gasteiger partial charge in [0.15, 0.2) is 0 Å². The second-order valence-corrected chi connectivity index (χ2v) is 6.06. The molecule has 3 heterocycles. The van der Waals surface area contributed by atoms with E-state index in [-0.39, 0.29) is 12.8 Å². The van der Waals surface area contributed by atoms with Crippen molar-refractivity contribution < 1.29 is 8.78 Å². The first-order chi connectivity index (χ1) is 9.55. The normalized spacial score (nSPS) is 19.6. The molecule has 2 aromatic heterocycles. The summed E-state index contributed by atoms with van der Waals surface area (Å²) in [6.07, 6.45) is 3.56. The fraction of sp³-hybridized carbons (Fsp3) is 0.500. The molecule has 0 unspecified atom stereocenters. The highest BCUT2D eigenvalue weighted by Crippen LogP contribution is 2.28. The average Bonchev–Trinajstić information content (AvgIpc) is 2.73. The first-order valence-corrected chi connectivity index (χ1v) is 7.53. The van der Waals surface area contributed by atoms with Crippen LogP contribution in [0, 0.1) is 0 Å². The number of rotatable bonds is 3. The molecule has 6 heteroatoms. The summed E-state index contributed by atoms with van der Waals surface area (Å²) in [6, 6.07) is 4.01. The summed E-state index contributed by atoms with van der Waals surface area (Å²) in [6.45, 7) is 2.54. The van der Waals surface area contributed by atoms with E-state index in [9.17, 15) is 8.78 Å².